The average molecular weight is 350 g/mol. The van der Waals surface area contributed by atoms with Crippen LogP contribution in [0.1, 0.15) is 50.5 Å². The van der Waals surface area contributed by atoms with E-state index in [4.69, 9.17) is 4.74 Å². The molecule has 0 aliphatic heterocycles. The molecule has 112 valence electrons. The Balaban J connectivity index is 2.22. The van der Waals surface area contributed by atoms with Crippen molar-refractivity contribution in [2.24, 2.45) is 0 Å². The van der Waals surface area contributed by atoms with Gasteiger partial charge < -0.3 is 9.84 Å². The van der Waals surface area contributed by atoms with Crippen molar-refractivity contribution in [1.29, 1.82) is 0 Å². The van der Waals surface area contributed by atoms with Crippen LogP contribution in [0.5, 0.6) is 11.5 Å². The van der Waals surface area contributed by atoms with Gasteiger partial charge in [-0.3, -0.25) is 4.98 Å². The number of rotatable bonds is 5. The molecule has 4 heteroatoms. The van der Waals surface area contributed by atoms with Gasteiger partial charge in [-0.05, 0) is 48.2 Å². The molecule has 0 aliphatic carbocycles. The third kappa shape index (κ3) is 4.05. The summed E-state index contributed by atoms with van der Waals surface area (Å²) in [5.41, 5.74) is 1.81. The van der Waals surface area contributed by atoms with Crippen LogP contribution in [0.4, 0.5) is 0 Å². The minimum Gasteiger partial charge on any atom is -0.455 e. The Morgan fingerprint density at radius 2 is 2.00 bits per heavy atom. The molecular weight excluding hydrogens is 330 g/mol. The summed E-state index contributed by atoms with van der Waals surface area (Å²) in [4.78, 5) is 4.25. The van der Waals surface area contributed by atoms with Gasteiger partial charge in [0.05, 0.1) is 18.0 Å². The molecule has 1 aromatic heterocycles. The lowest BCUT2D eigenvalue weighted by atomic mass is 10.0. The molecular formula is C17H20BrNO2. The summed E-state index contributed by atoms with van der Waals surface area (Å²) >= 11 is 3.49. The SMILES string of the molecule is CCC(O)c1ccc(Oc2ccc(Br)cc2C(C)C)cn1. The molecule has 1 N–H and O–H groups in total. The van der Waals surface area contributed by atoms with E-state index < -0.39 is 6.10 Å². The second kappa shape index (κ2) is 7.05. The molecule has 1 heterocycles. The first kappa shape index (κ1) is 16.0. The van der Waals surface area contributed by atoms with E-state index >= 15 is 0 Å². The zero-order valence-electron chi connectivity index (χ0n) is 12.5. The highest BCUT2D eigenvalue weighted by Gasteiger charge is 2.11. The summed E-state index contributed by atoms with van der Waals surface area (Å²) in [6.45, 7) is 6.19. The number of halogens is 1. The molecule has 0 bridgehead atoms. The Hall–Kier alpha value is -1.39. The van der Waals surface area contributed by atoms with Gasteiger partial charge in [0, 0.05) is 4.47 Å². The molecule has 21 heavy (non-hydrogen) atoms. The van der Waals surface area contributed by atoms with Crippen LogP contribution in [-0.2, 0) is 0 Å². The highest BCUT2D eigenvalue weighted by molar-refractivity contribution is 9.10. The number of hydrogen-bond acceptors (Lipinski definition) is 3. The summed E-state index contributed by atoms with van der Waals surface area (Å²) < 4.78 is 6.97. The van der Waals surface area contributed by atoms with E-state index in [2.05, 4.69) is 40.8 Å². The lowest BCUT2D eigenvalue weighted by Crippen LogP contribution is -1.99. The zero-order chi connectivity index (χ0) is 15.4. The Morgan fingerprint density at radius 3 is 2.57 bits per heavy atom. The number of hydrogen-bond donors (Lipinski definition) is 1. The Labute approximate surface area is 134 Å². The largest absolute Gasteiger partial charge is 0.455 e. The molecule has 1 aromatic carbocycles. The standard InChI is InChI=1S/C17H20BrNO2/c1-4-16(20)15-7-6-13(10-19-15)21-17-8-5-12(18)9-14(17)11(2)3/h5-11,16,20H,4H2,1-3H3. The quantitative estimate of drug-likeness (QED) is 0.806. The van der Waals surface area contributed by atoms with E-state index in [9.17, 15) is 5.11 Å². The molecule has 0 saturated carbocycles. The summed E-state index contributed by atoms with van der Waals surface area (Å²) in [5, 5.41) is 9.75. The van der Waals surface area contributed by atoms with E-state index in [1.54, 1.807) is 12.3 Å². The Kier molecular flexibility index (Phi) is 5.37. The molecule has 2 aromatic rings. The van der Waals surface area contributed by atoms with Gasteiger partial charge in [0.1, 0.15) is 11.5 Å². The fraction of sp³-hybridized carbons (Fsp3) is 0.353. The van der Waals surface area contributed by atoms with Crippen molar-refractivity contribution >= 4 is 15.9 Å². The Bertz CT molecular complexity index is 596. The molecule has 0 fully saturated rings. The first-order valence-corrected chi connectivity index (χ1v) is 7.92. The predicted octanol–water partition coefficient (Wildman–Crippen LogP) is 5.20. The van der Waals surface area contributed by atoms with E-state index in [-0.39, 0.29) is 0 Å². The lowest BCUT2D eigenvalue weighted by Gasteiger charge is -2.14. The second-order valence-corrected chi connectivity index (χ2v) is 6.20. The molecule has 3 nitrogen and oxygen atoms in total. The highest BCUT2D eigenvalue weighted by atomic mass is 79.9. The van der Waals surface area contributed by atoms with Crippen LogP contribution in [0.2, 0.25) is 0 Å². The van der Waals surface area contributed by atoms with E-state index in [1.807, 2.05) is 25.1 Å². The van der Waals surface area contributed by atoms with Gasteiger partial charge in [-0.2, -0.15) is 0 Å². The fourth-order valence-corrected chi connectivity index (χ4v) is 2.43. The van der Waals surface area contributed by atoms with Crippen LogP contribution in [0, 0.1) is 0 Å². The first-order chi connectivity index (χ1) is 10.0. The smallest absolute Gasteiger partial charge is 0.145 e. The average Bonchev–Trinajstić information content (AvgIpc) is 2.49. The molecule has 0 amide bonds. The monoisotopic (exact) mass is 349 g/mol. The highest BCUT2D eigenvalue weighted by Crippen LogP contribution is 2.32. The van der Waals surface area contributed by atoms with E-state index in [0.29, 0.717) is 23.8 Å². The van der Waals surface area contributed by atoms with Gasteiger partial charge in [-0.1, -0.05) is 36.7 Å². The van der Waals surface area contributed by atoms with Crippen LogP contribution >= 0.6 is 15.9 Å². The zero-order valence-corrected chi connectivity index (χ0v) is 14.1. The summed E-state index contributed by atoms with van der Waals surface area (Å²) in [7, 11) is 0. The van der Waals surface area contributed by atoms with Crippen molar-refractivity contribution in [3.8, 4) is 11.5 Å². The van der Waals surface area contributed by atoms with Gasteiger partial charge in [-0.25, -0.2) is 0 Å². The van der Waals surface area contributed by atoms with Crippen LogP contribution in [0.15, 0.2) is 41.0 Å². The molecule has 1 atom stereocenters. The van der Waals surface area contributed by atoms with Crippen molar-refractivity contribution < 1.29 is 9.84 Å². The molecule has 0 spiro atoms. The van der Waals surface area contributed by atoms with Gasteiger partial charge >= 0.3 is 0 Å². The number of aliphatic hydroxyl groups is 1. The van der Waals surface area contributed by atoms with Crippen LogP contribution in [-0.4, -0.2) is 10.1 Å². The van der Waals surface area contributed by atoms with Gasteiger partial charge in [-0.15, -0.1) is 0 Å². The maximum atomic E-state index is 9.75. The predicted molar refractivity (Wildman–Crippen MR) is 87.8 cm³/mol. The van der Waals surface area contributed by atoms with Gasteiger partial charge in [0.25, 0.3) is 0 Å². The molecule has 0 saturated heterocycles. The Morgan fingerprint density at radius 1 is 1.24 bits per heavy atom. The van der Waals surface area contributed by atoms with Crippen LogP contribution < -0.4 is 4.74 Å². The van der Waals surface area contributed by atoms with Crippen molar-refractivity contribution in [2.75, 3.05) is 0 Å². The van der Waals surface area contributed by atoms with Crippen molar-refractivity contribution in [1.82, 2.24) is 4.98 Å². The summed E-state index contributed by atoms with van der Waals surface area (Å²) in [5.74, 6) is 1.87. The van der Waals surface area contributed by atoms with E-state index in [1.165, 1.54) is 0 Å². The molecule has 0 aliphatic rings. The normalized spacial score (nSPS) is 12.5. The third-order valence-electron chi connectivity index (χ3n) is 3.31. The number of pyridine rings is 1. The molecule has 0 radical (unpaired) electrons. The van der Waals surface area contributed by atoms with E-state index in [0.717, 1.165) is 15.8 Å². The lowest BCUT2D eigenvalue weighted by molar-refractivity contribution is 0.169. The number of aliphatic hydroxyl groups excluding tert-OH is 1. The minimum atomic E-state index is -0.516. The van der Waals surface area contributed by atoms with Gasteiger partial charge in [0.2, 0.25) is 0 Å². The number of ether oxygens (including phenoxy) is 1. The topological polar surface area (TPSA) is 42.4 Å². The van der Waals surface area contributed by atoms with Crippen molar-refractivity contribution in [2.45, 2.75) is 39.2 Å². The molecule has 1 unspecified atom stereocenters. The van der Waals surface area contributed by atoms with Crippen molar-refractivity contribution in [3.63, 3.8) is 0 Å². The first-order valence-electron chi connectivity index (χ1n) is 7.12. The number of nitrogens with zero attached hydrogens (tertiary/aromatic N) is 1. The maximum absolute atomic E-state index is 9.75. The fourth-order valence-electron chi connectivity index (χ4n) is 2.05. The van der Waals surface area contributed by atoms with Crippen molar-refractivity contribution in [3.05, 3.63) is 52.3 Å². The van der Waals surface area contributed by atoms with Crippen LogP contribution in [0.25, 0.3) is 0 Å². The molecule has 2 rings (SSSR count). The maximum Gasteiger partial charge on any atom is 0.145 e. The second-order valence-electron chi connectivity index (χ2n) is 5.28. The summed E-state index contributed by atoms with van der Waals surface area (Å²) in [6.07, 6.45) is 1.79. The number of aromatic nitrogens is 1. The summed E-state index contributed by atoms with van der Waals surface area (Å²) in [6, 6.07) is 9.63. The number of benzene rings is 1. The minimum absolute atomic E-state index is 0.367. The van der Waals surface area contributed by atoms with Gasteiger partial charge in [0.15, 0.2) is 0 Å². The third-order valence-corrected chi connectivity index (χ3v) is 3.80. The van der Waals surface area contributed by atoms with Crippen LogP contribution in [0.3, 0.4) is 0 Å².